The second kappa shape index (κ2) is 6.16. The molecule has 19 heavy (non-hydrogen) atoms. The molecule has 0 aliphatic carbocycles. The van der Waals surface area contributed by atoms with Gasteiger partial charge in [0.25, 0.3) is 0 Å². The number of hydrogen-bond donors (Lipinski definition) is 0. The van der Waals surface area contributed by atoms with Crippen molar-refractivity contribution in [3.8, 4) is 5.69 Å². The number of tetrazole rings is 1. The second-order valence-corrected chi connectivity index (χ2v) is 5.86. The van der Waals surface area contributed by atoms with Gasteiger partial charge in [0.05, 0.1) is 12.8 Å². The van der Waals surface area contributed by atoms with E-state index in [2.05, 4.69) is 36.2 Å². The molecule has 0 saturated heterocycles. The number of esters is 1. The third-order valence-electron chi connectivity index (χ3n) is 2.33. The molecule has 1 aromatic carbocycles. The Bertz CT molecular complexity index is 572. The monoisotopic (exact) mass is 342 g/mol. The lowest BCUT2D eigenvalue weighted by Gasteiger charge is -2.08. The van der Waals surface area contributed by atoms with Gasteiger partial charge in [-0.1, -0.05) is 27.7 Å². The summed E-state index contributed by atoms with van der Waals surface area (Å²) in [5, 5.41) is 11.6. The van der Waals surface area contributed by atoms with Crippen LogP contribution in [-0.4, -0.2) is 38.5 Å². The first-order chi connectivity index (χ1) is 9.11. The molecule has 100 valence electrons. The van der Waals surface area contributed by atoms with Crippen molar-refractivity contribution in [2.75, 3.05) is 7.11 Å². The molecule has 0 saturated carbocycles. The highest BCUT2D eigenvalue weighted by molar-refractivity contribution is 9.10. The van der Waals surface area contributed by atoms with E-state index in [1.54, 1.807) is 11.6 Å². The Morgan fingerprint density at radius 2 is 2.11 bits per heavy atom. The Hall–Kier alpha value is -1.41. The van der Waals surface area contributed by atoms with Crippen molar-refractivity contribution in [1.29, 1.82) is 0 Å². The largest absolute Gasteiger partial charge is 0.468 e. The highest BCUT2D eigenvalue weighted by Gasteiger charge is 2.19. The molecule has 0 spiro atoms. The molecule has 1 aromatic heterocycles. The van der Waals surface area contributed by atoms with Crippen LogP contribution in [0.2, 0.25) is 0 Å². The number of hydrogen-bond acceptors (Lipinski definition) is 6. The van der Waals surface area contributed by atoms with Gasteiger partial charge in [-0.3, -0.25) is 4.79 Å². The molecule has 6 nitrogen and oxygen atoms in total. The van der Waals surface area contributed by atoms with Crippen LogP contribution < -0.4 is 0 Å². The first-order valence-electron chi connectivity index (χ1n) is 5.40. The molecule has 0 amide bonds. The molecule has 2 aromatic rings. The molecular formula is C11H11BrN4O2S. The van der Waals surface area contributed by atoms with Gasteiger partial charge in [-0.15, -0.1) is 5.10 Å². The molecule has 1 atom stereocenters. The fraction of sp³-hybridized carbons (Fsp3) is 0.273. The van der Waals surface area contributed by atoms with E-state index >= 15 is 0 Å². The van der Waals surface area contributed by atoms with Gasteiger partial charge in [0.2, 0.25) is 5.16 Å². The number of rotatable bonds is 4. The Balaban J connectivity index is 2.22. The minimum atomic E-state index is -0.370. The Morgan fingerprint density at radius 1 is 1.42 bits per heavy atom. The van der Waals surface area contributed by atoms with Crippen LogP contribution in [0.15, 0.2) is 33.9 Å². The highest BCUT2D eigenvalue weighted by atomic mass is 79.9. The summed E-state index contributed by atoms with van der Waals surface area (Å²) >= 11 is 4.62. The minimum Gasteiger partial charge on any atom is -0.468 e. The number of ether oxygens (including phenoxy) is 1. The molecule has 0 radical (unpaired) electrons. The van der Waals surface area contributed by atoms with Crippen LogP contribution in [0.25, 0.3) is 5.69 Å². The number of methoxy groups -OCH3 is 1. The Kier molecular flexibility index (Phi) is 4.54. The van der Waals surface area contributed by atoms with Crippen molar-refractivity contribution in [3.63, 3.8) is 0 Å². The Labute approximate surface area is 122 Å². The first-order valence-corrected chi connectivity index (χ1v) is 7.08. The van der Waals surface area contributed by atoms with Crippen LogP contribution in [0.4, 0.5) is 0 Å². The summed E-state index contributed by atoms with van der Waals surface area (Å²) in [7, 11) is 1.36. The first kappa shape index (κ1) is 14.0. The van der Waals surface area contributed by atoms with Crippen LogP contribution in [0.3, 0.4) is 0 Å². The number of carbonyl (C=O) groups excluding carboxylic acids is 1. The smallest absolute Gasteiger partial charge is 0.318 e. The quantitative estimate of drug-likeness (QED) is 0.625. The maximum Gasteiger partial charge on any atom is 0.318 e. The zero-order valence-corrected chi connectivity index (χ0v) is 12.7. The SMILES string of the molecule is COC(=O)[C@H](C)Sc1nnnn1-c1ccc(Br)cc1. The fourth-order valence-electron chi connectivity index (χ4n) is 1.37. The lowest BCUT2D eigenvalue weighted by Crippen LogP contribution is -2.15. The Morgan fingerprint density at radius 3 is 2.74 bits per heavy atom. The van der Waals surface area contributed by atoms with Gasteiger partial charge < -0.3 is 4.74 Å². The zero-order chi connectivity index (χ0) is 13.8. The van der Waals surface area contributed by atoms with Crippen molar-refractivity contribution >= 4 is 33.7 Å². The summed E-state index contributed by atoms with van der Waals surface area (Å²) in [6.07, 6.45) is 0. The number of thioether (sulfide) groups is 1. The fourth-order valence-corrected chi connectivity index (χ4v) is 2.47. The van der Waals surface area contributed by atoms with Gasteiger partial charge in [-0.05, 0) is 41.6 Å². The molecule has 1 heterocycles. The molecule has 0 aliphatic rings. The minimum absolute atomic E-state index is 0.310. The van der Waals surface area contributed by atoms with Crippen molar-refractivity contribution < 1.29 is 9.53 Å². The lowest BCUT2D eigenvalue weighted by molar-refractivity contribution is -0.139. The number of halogens is 1. The van der Waals surface area contributed by atoms with Gasteiger partial charge in [0, 0.05) is 4.47 Å². The summed E-state index contributed by atoms with van der Waals surface area (Å²) in [4.78, 5) is 11.4. The van der Waals surface area contributed by atoms with Crippen LogP contribution in [0, 0.1) is 0 Å². The van der Waals surface area contributed by atoms with Crippen LogP contribution in [0.5, 0.6) is 0 Å². The van der Waals surface area contributed by atoms with Gasteiger partial charge >= 0.3 is 5.97 Å². The van der Waals surface area contributed by atoms with Gasteiger partial charge in [0.15, 0.2) is 0 Å². The molecule has 0 N–H and O–H groups in total. The van der Waals surface area contributed by atoms with E-state index in [0.29, 0.717) is 5.16 Å². The lowest BCUT2D eigenvalue weighted by atomic mass is 10.3. The molecule has 0 unspecified atom stereocenters. The summed E-state index contributed by atoms with van der Waals surface area (Å²) in [6.45, 7) is 1.75. The predicted molar refractivity (Wildman–Crippen MR) is 74.2 cm³/mol. The topological polar surface area (TPSA) is 69.9 Å². The van der Waals surface area contributed by atoms with E-state index in [4.69, 9.17) is 0 Å². The zero-order valence-electron chi connectivity index (χ0n) is 10.3. The average molecular weight is 343 g/mol. The molecule has 0 bridgehead atoms. The molecular weight excluding hydrogens is 332 g/mol. The number of nitrogens with zero attached hydrogens (tertiary/aromatic N) is 4. The number of carbonyl (C=O) groups is 1. The molecule has 0 fully saturated rings. The molecule has 2 rings (SSSR count). The number of benzene rings is 1. The van der Waals surface area contributed by atoms with E-state index < -0.39 is 0 Å². The van der Waals surface area contributed by atoms with Gasteiger partial charge in [-0.2, -0.15) is 4.68 Å². The summed E-state index contributed by atoms with van der Waals surface area (Å²) < 4.78 is 7.23. The number of aromatic nitrogens is 4. The second-order valence-electron chi connectivity index (χ2n) is 3.63. The predicted octanol–water partition coefficient (Wildman–Crippen LogP) is 2.08. The van der Waals surface area contributed by atoms with E-state index in [1.165, 1.54) is 18.9 Å². The molecule has 8 heteroatoms. The van der Waals surface area contributed by atoms with E-state index in [9.17, 15) is 4.79 Å². The maximum absolute atomic E-state index is 11.4. The third-order valence-corrected chi connectivity index (χ3v) is 3.87. The van der Waals surface area contributed by atoms with E-state index in [1.807, 2.05) is 24.3 Å². The summed E-state index contributed by atoms with van der Waals surface area (Å²) in [5.74, 6) is -0.310. The molecule has 0 aliphatic heterocycles. The van der Waals surface area contributed by atoms with Crippen LogP contribution in [-0.2, 0) is 9.53 Å². The van der Waals surface area contributed by atoms with Crippen molar-refractivity contribution in [3.05, 3.63) is 28.7 Å². The third kappa shape index (κ3) is 3.32. The van der Waals surface area contributed by atoms with Crippen molar-refractivity contribution in [1.82, 2.24) is 20.2 Å². The van der Waals surface area contributed by atoms with E-state index in [-0.39, 0.29) is 11.2 Å². The van der Waals surface area contributed by atoms with Crippen molar-refractivity contribution in [2.24, 2.45) is 0 Å². The van der Waals surface area contributed by atoms with Crippen molar-refractivity contribution in [2.45, 2.75) is 17.3 Å². The van der Waals surface area contributed by atoms with Crippen LogP contribution in [0.1, 0.15) is 6.92 Å². The standard InChI is InChI=1S/C11H11BrN4O2S/c1-7(10(17)18-2)19-11-13-14-15-16(11)9-5-3-8(12)4-6-9/h3-7H,1-2H3/t7-/m0/s1. The normalized spacial score (nSPS) is 12.2. The summed E-state index contributed by atoms with van der Waals surface area (Å²) in [6, 6.07) is 7.56. The van der Waals surface area contributed by atoms with E-state index in [0.717, 1.165) is 10.2 Å². The average Bonchev–Trinajstić information content (AvgIpc) is 2.86. The van der Waals surface area contributed by atoms with Crippen LogP contribution >= 0.6 is 27.7 Å². The maximum atomic E-state index is 11.4. The van der Waals surface area contributed by atoms with Gasteiger partial charge in [-0.25, -0.2) is 0 Å². The summed E-state index contributed by atoms with van der Waals surface area (Å²) in [5.41, 5.74) is 0.827. The van der Waals surface area contributed by atoms with Gasteiger partial charge in [0.1, 0.15) is 5.25 Å². The highest BCUT2D eigenvalue weighted by Crippen LogP contribution is 2.24.